The summed E-state index contributed by atoms with van der Waals surface area (Å²) in [6.45, 7) is 2.54. The van der Waals surface area contributed by atoms with E-state index in [1.165, 1.54) is 0 Å². The summed E-state index contributed by atoms with van der Waals surface area (Å²) in [7, 11) is 1.58. The van der Waals surface area contributed by atoms with Gasteiger partial charge in [-0.1, -0.05) is 6.07 Å². The number of rotatable bonds is 5. The molecule has 0 aromatic heterocycles. The van der Waals surface area contributed by atoms with Crippen LogP contribution in [0.5, 0.6) is 11.5 Å². The van der Waals surface area contributed by atoms with Crippen LogP contribution in [0.1, 0.15) is 6.92 Å². The number of urea groups is 1. The van der Waals surface area contributed by atoms with Gasteiger partial charge in [0.1, 0.15) is 11.5 Å². The van der Waals surface area contributed by atoms with Crippen molar-refractivity contribution in [2.75, 3.05) is 24.4 Å². The molecule has 0 fully saturated rings. The Kier molecular flexibility index (Phi) is 5.04. The Morgan fingerprint density at radius 1 is 1.00 bits per heavy atom. The maximum atomic E-state index is 11.9. The number of anilines is 2. The van der Waals surface area contributed by atoms with E-state index in [-0.39, 0.29) is 6.03 Å². The van der Waals surface area contributed by atoms with Crippen LogP contribution >= 0.6 is 0 Å². The fraction of sp³-hybridized carbons (Fsp3) is 0.188. The van der Waals surface area contributed by atoms with Gasteiger partial charge in [0.05, 0.1) is 13.7 Å². The quantitative estimate of drug-likeness (QED) is 0.880. The topological polar surface area (TPSA) is 59.6 Å². The molecule has 5 heteroatoms. The lowest BCUT2D eigenvalue weighted by Crippen LogP contribution is -2.19. The molecule has 0 aliphatic rings. The smallest absolute Gasteiger partial charge is 0.323 e. The first-order valence-electron chi connectivity index (χ1n) is 6.66. The maximum absolute atomic E-state index is 11.9. The van der Waals surface area contributed by atoms with Crippen LogP contribution in [0.3, 0.4) is 0 Å². The van der Waals surface area contributed by atoms with Gasteiger partial charge < -0.3 is 20.1 Å². The van der Waals surface area contributed by atoms with Crippen molar-refractivity contribution in [3.05, 3.63) is 48.5 Å². The van der Waals surface area contributed by atoms with E-state index in [1.807, 2.05) is 31.2 Å². The Morgan fingerprint density at radius 3 is 2.38 bits per heavy atom. The Morgan fingerprint density at radius 2 is 1.71 bits per heavy atom. The van der Waals surface area contributed by atoms with Gasteiger partial charge in [0.25, 0.3) is 0 Å². The first kappa shape index (κ1) is 14.7. The molecule has 0 aliphatic heterocycles. The lowest BCUT2D eigenvalue weighted by molar-refractivity contribution is 0.262. The predicted octanol–water partition coefficient (Wildman–Crippen LogP) is 3.74. The molecule has 0 saturated heterocycles. The maximum Gasteiger partial charge on any atom is 0.323 e. The average molecular weight is 286 g/mol. The van der Waals surface area contributed by atoms with Crippen molar-refractivity contribution in [1.82, 2.24) is 0 Å². The zero-order valence-electron chi connectivity index (χ0n) is 12.1. The molecular formula is C16H18N2O3. The van der Waals surface area contributed by atoms with E-state index in [0.717, 1.165) is 5.75 Å². The molecule has 2 aromatic rings. The summed E-state index contributed by atoms with van der Waals surface area (Å²) >= 11 is 0. The zero-order chi connectivity index (χ0) is 15.1. The molecule has 2 amide bonds. The summed E-state index contributed by atoms with van der Waals surface area (Å²) in [6, 6.07) is 14.0. The average Bonchev–Trinajstić information content (AvgIpc) is 2.49. The summed E-state index contributed by atoms with van der Waals surface area (Å²) in [6.07, 6.45) is 0. The number of hydrogen-bond donors (Lipinski definition) is 2. The van der Waals surface area contributed by atoms with Crippen LogP contribution in [0.2, 0.25) is 0 Å². The van der Waals surface area contributed by atoms with Crippen molar-refractivity contribution in [3.63, 3.8) is 0 Å². The van der Waals surface area contributed by atoms with E-state index >= 15 is 0 Å². The molecule has 0 saturated carbocycles. The highest BCUT2D eigenvalue weighted by Crippen LogP contribution is 2.18. The fourth-order valence-corrected chi connectivity index (χ4v) is 1.80. The molecule has 2 N–H and O–H groups in total. The molecule has 110 valence electrons. The highest BCUT2D eigenvalue weighted by molar-refractivity contribution is 5.99. The van der Waals surface area contributed by atoms with E-state index in [0.29, 0.717) is 23.7 Å². The van der Waals surface area contributed by atoms with Crippen molar-refractivity contribution in [1.29, 1.82) is 0 Å². The van der Waals surface area contributed by atoms with Crippen molar-refractivity contribution < 1.29 is 14.3 Å². The highest BCUT2D eigenvalue weighted by Gasteiger charge is 2.03. The molecule has 2 aromatic carbocycles. The number of hydrogen-bond acceptors (Lipinski definition) is 3. The van der Waals surface area contributed by atoms with E-state index < -0.39 is 0 Å². The monoisotopic (exact) mass is 286 g/mol. The molecule has 0 spiro atoms. The van der Waals surface area contributed by atoms with Crippen LogP contribution in [-0.2, 0) is 0 Å². The van der Waals surface area contributed by atoms with E-state index in [4.69, 9.17) is 9.47 Å². The van der Waals surface area contributed by atoms with Gasteiger partial charge >= 0.3 is 6.03 Å². The molecule has 5 nitrogen and oxygen atoms in total. The number of methoxy groups -OCH3 is 1. The summed E-state index contributed by atoms with van der Waals surface area (Å²) in [5.74, 6) is 1.46. The third-order valence-electron chi connectivity index (χ3n) is 2.75. The van der Waals surface area contributed by atoms with Crippen LogP contribution in [0.15, 0.2) is 48.5 Å². The predicted molar refractivity (Wildman–Crippen MR) is 83.2 cm³/mol. The number of amides is 2. The van der Waals surface area contributed by atoms with Crippen molar-refractivity contribution in [2.24, 2.45) is 0 Å². The standard InChI is InChI=1S/C16H18N2O3/c1-3-21-14-9-7-12(8-10-14)17-16(19)18-13-5-4-6-15(11-13)20-2/h4-11H,3H2,1-2H3,(H2,17,18,19). The van der Waals surface area contributed by atoms with E-state index in [2.05, 4.69) is 10.6 Å². The largest absolute Gasteiger partial charge is 0.497 e. The van der Waals surface area contributed by atoms with Gasteiger partial charge in [0.15, 0.2) is 0 Å². The Balaban J connectivity index is 1.94. The second kappa shape index (κ2) is 7.19. The molecule has 0 atom stereocenters. The lowest BCUT2D eigenvalue weighted by atomic mass is 10.3. The van der Waals surface area contributed by atoms with Crippen LogP contribution < -0.4 is 20.1 Å². The van der Waals surface area contributed by atoms with Crippen LogP contribution in [-0.4, -0.2) is 19.7 Å². The van der Waals surface area contributed by atoms with E-state index in [1.54, 1.807) is 31.4 Å². The summed E-state index contributed by atoms with van der Waals surface area (Å²) in [5.41, 5.74) is 1.36. The molecular weight excluding hydrogens is 268 g/mol. The Bertz CT molecular complexity index is 597. The number of carbonyl (C=O) groups is 1. The number of nitrogens with one attached hydrogen (secondary N) is 2. The minimum Gasteiger partial charge on any atom is -0.497 e. The number of carbonyl (C=O) groups excluding carboxylic acids is 1. The first-order valence-corrected chi connectivity index (χ1v) is 6.66. The Labute approximate surface area is 123 Å². The van der Waals surface area contributed by atoms with Gasteiger partial charge in [-0.15, -0.1) is 0 Å². The van der Waals surface area contributed by atoms with E-state index in [9.17, 15) is 4.79 Å². The third kappa shape index (κ3) is 4.42. The minimum absolute atomic E-state index is 0.313. The fourth-order valence-electron chi connectivity index (χ4n) is 1.80. The summed E-state index contributed by atoms with van der Waals surface area (Å²) in [5, 5.41) is 5.49. The SMILES string of the molecule is CCOc1ccc(NC(=O)Nc2cccc(OC)c2)cc1. The second-order valence-corrected chi connectivity index (χ2v) is 4.27. The van der Waals surface area contributed by atoms with Crippen molar-refractivity contribution in [2.45, 2.75) is 6.92 Å². The molecule has 21 heavy (non-hydrogen) atoms. The van der Waals surface area contributed by atoms with Crippen LogP contribution in [0.4, 0.5) is 16.2 Å². The second-order valence-electron chi connectivity index (χ2n) is 4.27. The third-order valence-corrected chi connectivity index (χ3v) is 2.75. The van der Waals surface area contributed by atoms with Gasteiger partial charge in [-0.2, -0.15) is 0 Å². The van der Waals surface area contributed by atoms with Gasteiger partial charge in [-0.05, 0) is 43.3 Å². The van der Waals surface area contributed by atoms with Gasteiger partial charge in [0.2, 0.25) is 0 Å². The number of benzene rings is 2. The van der Waals surface area contributed by atoms with Crippen LogP contribution in [0.25, 0.3) is 0 Å². The lowest BCUT2D eigenvalue weighted by Gasteiger charge is -2.09. The van der Waals surface area contributed by atoms with Gasteiger partial charge in [-0.25, -0.2) is 4.79 Å². The summed E-state index contributed by atoms with van der Waals surface area (Å²) in [4.78, 5) is 11.9. The molecule has 0 bridgehead atoms. The van der Waals surface area contributed by atoms with Crippen LogP contribution in [0, 0.1) is 0 Å². The van der Waals surface area contributed by atoms with Gasteiger partial charge in [0, 0.05) is 17.4 Å². The minimum atomic E-state index is -0.313. The number of ether oxygens (including phenoxy) is 2. The zero-order valence-corrected chi connectivity index (χ0v) is 12.1. The first-order chi connectivity index (χ1) is 10.2. The molecule has 0 aliphatic carbocycles. The van der Waals surface area contributed by atoms with Crippen molar-refractivity contribution >= 4 is 17.4 Å². The summed E-state index contributed by atoms with van der Waals surface area (Å²) < 4.78 is 10.4. The highest BCUT2D eigenvalue weighted by atomic mass is 16.5. The normalized spacial score (nSPS) is 9.81. The Hall–Kier alpha value is -2.69. The molecule has 0 heterocycles. The molecule has 0 unspecified atom stereocenters. The van der Waals surface area contributed by atoms with Gasteiger partial charge in [-0.3, -0.25) is 0 Å². The molecule has 0 radical (unpaired) electrons. The van der Waals surface area contributed by atoms with Crippen molar-refractivity contribution in [3.8, 4) is 11.5 Å². The molecule has 2 rings (SSSR count).